The Morgan fingerprint density at radius 1 is 1.09 bits per heavy atom. The lowest BCUT2D eigenvalue weighted by molar-refractivity contribution is -0.118. The minimum absolute atomic E-state index is 0.0958. The number of phenolic OH excluding ortho intramolecular Hbond substituents is 1. The zero-order valence-corrected chi connectivity index (χ0v) is 20.1. The maximum Gasteiger partial charge on any atom is 0.250 e. The Kier molecular flexibility index (Phi) is 7.74. The first-order chi connectivity index (χ1) is 17.1. The molecule has 0 aliphatic rings. The lowest BCUT2D eigenvalue weighted by Crippen LogP contribution is -2.20. The number of thioether (sulfide) groups is 1. The highest BCUT2D eigenvalue weighted by Gasteiger charge is 2.17. The van der Waals surface area contributed by atoms with Gasteiger partial charge in [-0.1, -0.05) is 78.0 Å². The van der Waals surface area contributed by atoms with E-state index in [1.54, 1.807) is 12.1 Å². The summed E-state index contributed by atoms with van der Waals surface area (Å²) in [5.41, 5.74) is 6.76. The fourth-order valence-electron chi connectivity index (χ4n) is 3.44. The monoisotopic (exact) mass is 483 g/mol. The standard InChI is InChI=1S/C27H25N5O2S/c1-3-8-20-11-7-12-22(25(20)34)17-28-29-24(33)18-35-27-31-30-26(21-9-5-4-6-10-21)32(27)23-15-13-19(2)14-16-23/h3-7,9-17,34H,1,8,18H2,2H3,(H,29,33). The van der Waals surface area contributed by atoms with E-state index in [-0.39, 0.29) is 17.4 Å². The van der Waals surface area contributed by atoms with Gasteiger partial charge >= 0.3 is 0 Å². The second-order valence-corrected chi connectivity index (χ2v) is 8.72. The summed E-state index contributed by atoms with van der Waals surface area (Å²) >= 11 is 1.27. The number of nitrogens with zero attached hydrogens (tertiary/aromatic N) is 4. The number of aromatic nitrogens is 3. The largest absolute Gasteiger partial charge is 0.507 e. The van der Waals surface area contributed by atoms with Crippen molar-refractivity contribution in [3.63, 3.8) is 0 Å². The van der Waals surface area contributed by atoms with Gasteiger partial charge in [-0.15, -0.1) is 16.8 Å². The van der Waals surface area contributed by atoms with Gasteiger partial charge in [0, 0.05) is 16.8 Å². The minimum Gasteiger partial charge on any atom is -0.507 e. The Morgan fingerprint density at radius 2 is 1.86 bits per heavy atom. The summed E-state index contributed by atoms with van der Waals surface area (Å²) in [5, 5.41) is 23.6. The van der Waals surface area contributed by atoms with Gasteiger partial charge in [-0.25, -0.2) is 5.43 Å². The van der Waals surface area contributed by atoms with Crippen LogP contribution in [0.4, 0.5) is 0 Å². The number of hydrazone groups is 1. The number of aryl methyl sites for hydroxylation is 1. The number of benzene rings is 3. The van der Waals surface area contributed by atoms with Gasteiger partial charge in [-0.05, 0) is 37.1 Å². The molecule has 0 saturated carbocycles. The number of rotatable bonds is 9. The van der Waals surface area contributed by atoms with E-state index >= 15 is 0 Å². The van der Waals surface area contributed by atoms with E-state index in [0.29, 0.717) is 23.0 Å². The van der Waals surface area contributed by atoms with Gasteiger partial charge in [-0.2, -0.15) is 5.10 Å². The van der Waals surface area contributed by atoms with Crippen LogP contribution < -0.4 is 5.43 Å². The third kappa shape index (κ3) is 5.85. The first kappa shape index (κ1) is 24.0. The van der Waals surface area contributed by atoms with Gasteiger partial charge in [-0.3, -0.25) is 9.36 Å². The molecular formula is C27H25N5O2S. The maximum absolute atomic E-state index is 12.5. The van der Waals surface area contributed by atoms with Crippen LogP contribution in [0.2, 0.25) is 0 Å². The number of hydrogen-bond donors (Lipinski definition) is 2. The van der Waals surface area contributed by atoms with E-state index in [1.807, 2.05) is 78.2 Å². The molecule has 0 aliphatic carbocycles. The number of phenols is 1. The van der Waals surface area contributed by atoms with Crippen LogP contribution in [0.5, 0.6) is 5.75 Å². The number of nitrogens with one attached hydrogen (secondary N) is 1. The molecule has 0 bridgehead atoms. The molecule has 0 spiro atoms. The van der Waals surface area contributed by atoms with Crippen molar-refractivity contribution in [1.29, 1.82) is 0 Å². The van der Waals surface area contributed by atoms with Crippen molar-refractivity contribution >= 4 is 23.9 Å². The summed E-state index contributed by atoms with van der Waals surface area (Å²) in [5.74, 6) is 0.621. The lowest BCUT2D eigenvalue weighted by atomic mass is 10.1. The molecule has 0 radical (unpaired) electrons. The lowest BCUT2D eigenvalue weighted by Gasteiger charge is -2.10. The van der Waals surface area contributed by atoms with Crippen LogP contribution in [0.15, 0.2) is 95.7 Å². The van der Waals surface area contributed by atoms with E-state index in [9.17, 15) is 9.90 Å². The zero-order chi connectivity index (χ0) is 24.6. The number of para-hydroxylation sites is 1. The van der Waals surface area contributed by atoms with Crippen molar-refractivity contribution in [2.24, 2.45) is 5.10 Å². The molecule has 0 saturated heterocycles. The van der Waals surface area contributed by atoms with E-state index < -0.39 is 0 Å². The Bertz CT molecular complexity index is 1350. The molecule has 1 heterocycles. The second kappa shape index (κ2) is 11.3. The van der Waals surface area contributed by atoms with Crippen molar-refractivity contribution in [2.75, 3.05) is 5.75 Å². The van der Waals surface area contributed by atoms with Crippen LogP contribution in [0.1, 0.15) is 16.7 Å². The van der Waals surface area contributed by atoms with E-state index in [4.69, 9.17) is 0 Å². The summed E-state index contributed by atoms with van der Waals surface area (Å²) in [6.45, 7) is 5.72. The normalized spacial score (nSPS) is 11.0. The van der Waals surface area contributed by atoms with Crippen LogP contribution in [0, 0.1) is 6.92 Å². The molecule has 0 aliphatic heterocycles. The molecule has 35 heavy (non-hydrogen) atoms. The Morgan fingerprint density at radius 3 is 2.60 bits per heavy atom. The predicted molar refractivity (Wildman–Crippen MR) is 140 cm³/mol. The molecule has 0 atom stereocenters. The fraction of sp³-hybridized carbons (Fsp3) is 0.111. The predicted octanol–water partition coefficient (Wildman–Crippen LogP) is 4.92. The molecule has 1 amide bonds. The molecule has 176 valence electrons. The van der Waals surface area contributed by atoms with Gasteiger partial charge < -0.3 is 5.11 Å². The molecule has 4 aromatic rings. The number of amides is 1. The number of carbonyl (C=O) groups excluding carboxylic acids is 1. The summed E-state index contributed by atoms with van der Waals surface area (Å²) < 4.78 is 1.94. The van der Waals surface area contributed by atoms with Gasteiger partial charge in [0.1, 0.15) is 5.75 Å². The molecule has 4 rings (SSSR count). The van der Waals surface area contributed by atoms with Crippen molar-refractivity contribution < 1.29 is 9.90 Å². The van der Waals surface area contributed by atoms with Gasteiger partial charge in [0.25, 0.3) is 5.91 Å². The van der Waals surface area contributed by atoms with E-state index in [2.05, 4.69) is 27.3 Å². The fourth-order valence-corrected chi connectivity index (χ4v) is 4.18. The van der Waals surface area contributed by atoms with Gasteiger partial charge in [0.05, 0.1) is 12.0 Å². The number of hydrogen-bond acceptors (Lipinski definition) is 6. The van der Waals surface area contributed by atoms with Crippen molar-refractivity contribution in [3.05, 3.63) is 102 Å². The molecule has 0 fully saturated rings. The summed E-state index contributed by atoms with van der Waals surface area (Å²) in [7, 11) is 0. The summed E-state index contributed by atoms with van der Waals surface area (Å²) in [4.78, 5) is 12.5. The van der Waals surface area contributed by atoms with Crippen molar-refractivity contribution in [2.45, 2.75) is 18.5 Å². The molecule has 8 heteroatoms. The number of carbonyl (C=O) groups is 1. The smallest absolute Gasteiger partial charge is 0.250 e. The van der Waals surface area contributed by atoms with E-state index in [0.717, 1.165) is 22.4 Å². The van der Waals surface area contributed by atoms with Crippen LogP contribution in [0.3, 0.4) is 0 Å². The average molecular weight is 484 g/mol. The van der Waals surface area contributed by atoms with Crippen LogP contribution in [-0.2, 0) is 11.2 Å². The van der Waals surface area contributed by atoms with Crippen LogP contribution >= 0.6 is 11.8 Å². The molecule has 0 unspecified atom stereocenters. The van der Waals surface area contributed by atoms with Gasteiger partial charge in [0.15, 0.2) is 11.0 Å². The molecule has 7 nitrogen and oxygen atoms in total. The zero-order valence-electron chi connectivity index (χ0n) is 19.3. The van der Waals surface area contributed by atoms with Crippen LogP contribution in [-0.4, -0.2) is 37.7 Å². The second-order valence-electron chi connectivity index (χ2n) is 7.77. The Labute approximate surface area is 208 Å². The number of allylic oxidation sites excluding steroid dienone is 1. The third-order valence-corrected chi connectivity index (χ3v) is 6.13. The first-order valence-electron chi connectivity index (χ1n) is 11.0. The molecule has 3 aromatic carbocycles. The molecule has 1 aromatic heterocycles. The molecular weight excluding hydrogens is 458 g/mol. The quantitative estimate of drug-likeness (QED) is 0.153. The van der Waals surface area contributed by atoms with E-state index in [1.165, 1.54) is 18.0 Å². The van der Waals surface area contributed by atoms with Crippen molar-refractivity contribution in [3.8, 4) is 22.8 Å². The topological polar surface area (TPSA) is 92.4 Å². The number of aromatic hydroxyl groups is 1. The van der Waals surface area contributed by atoms with Gasteiger partial charge in [0.2, 0.25) is 0 Å². The maximum atomic E-state index is 12.5. The summed E-state index contributed by atoms with van der Waals surface area (Å²) in [6.07, 6.45) is 3.68. The SMILES string of the molecule is C=CCc1cccc(C=NNC(=O)CSc2nnc(-c3ccccc3)n2-c2ccc(C)cc2)c1O. The summed E-state index contributed by atoms with van der Waals surface area (Å²) in [6, 6.07) is 23.2. The highest BCUT2D eigenvalue weighted by atomic mass is 32.2. The highest BCUT2D eigenvalue weighted by Crippen LogP contribution is 2.28. The Balaban J connectivity index is 1.48. The average Bonchev–Trinajstić information content (AvgIpc) is 3.30. The third-order valence-electron chi connectivity index (χ3n) is 5.20. The van der Waals surface area contributed by atoms with Crippen molar-refractivity contribution in [1.82, 2.24) is 20.2 Å². The Hall–Kier alpha value is -4.17. The first-order valence-corrected chi connectivity index (χ1v) is 12.0. The molecule has 2 N–H and O–H groups in total. The highest BCUT2D eigenvalue weighted by molar-refractivity contribution is 7.99. The van der Waals surface area contributed by atoms with Crippen LogP contribution in [0.25, 0.3) is 17.1 Å². The minimum atomic E-state index is -0.298.